The average molecular weight is 265 g/mol. The summed E-state index contributed by atoms with van der Waals surface area (Å²) in [6.45, 7) is 2.62. The molecular formula is C14H17ClN2O. The van der Waals surface area contributed by atoms with Crippen LogP contribution in [-0.2, 0) is 0 Å². The molecule has 1 aromatic carbocycles. The Balaban J connectivity index is 2.36. The van der Waals surface area contributed by atoms with Crippen molar-refractivity contribution in [2.24, 2.45) is 5.73 Å². The minimum atomic E-state index is 0.0291. The van der Waals surface area contributed by atoms with Gasteiger partial charge in [-0.2, -0.15) is 0 Å². The molecule has 0 bridgehead atoms. The van der Waals surface area contributed by atoms with E-state index in [0.717, 1.165) is 29.5 Å². The van der Waals surface area contributed by atoms with Crippen LogP contribution < -0.4 is 10.5 Å². The van der Waals surface area contributed by atoms with Crippen LogP contribution in [0.3, 0.4) is 0 Å². The summed E-state index contributed by atoms with van der Waals surface area (Å²) in [5.74, 6) is 0.749. The Bertz CT molecular complexity index is 530. The Morgan fingerprint density at radius 2 is 2.22 bits per heavy atom. The highest BCUT2D eigenvalue weighted by Gasteiger charge is 2.11. The lowest BCUT2D eigenvalue weighted by molar-refractivity contribution is 0.200. The number of nitrogens with zero attached hydrogens (tertiary/aromatic N) is 1. The molecule has 1 unspecified atom stereocenters. The van der Waals surface area contributed by atoms with Crippen LogP contribution in [0.15, 0.2) is 30.5 Å². The second kappa shape index (κ2) is 6.03. The third-order valence-electron chi connectivity index (χ3n) is 2.85. The first kappa shape index (κ1) is 13.1. The van der Waals surface area contributed by atoms with Gasteiger partial charge in [0.15, 0.2) is 0 Å². The highest BCUT2D eigenvalue weighted by atomic mass is 35.5. The van der Waals surface area contributed by atoms with Crippen molar-refractivity contribution < 1.29 is 4.74 Å². The first-order valence-electron chi connectivity index (χ1n) is 6.16. The maximum absolute atomic E-state index is 6.14. The van der Waals surface area contributed by atoms with E-state index >= 15 is 0 Å². The molecular weight excluding hydrogens is 248 g/mol. The Kier molecular flexibility index (Phi) is 4.39. The van der Waals surface area contributed by atoms with Crippen LogP contribution in [0.2, 0.25) is 5.02 Å². The zero-order valence-electron chi connectivity index (χ0n) is 10.4. The largest absolute Gasteiger partial charge is 0.487 e. The Morgan fingerprint density at radius 3 is 2.94 bits per heavy atom. The Hall–Kier alpha value is -1.32. The number of nitrogens with two attached hydrogens (primary N) is 1. The van der Waals surface area contributed by atoms with Crippen molar-refractivity contribution in [3.05, 3.63) is 35.5 Å². The van der Waals surface area contributed by atoms with Crippen molar-refractivity contribution in [3.8, 4) is 5.75 Å². The van der Waals surface area contributed by atoms with Crippen molar-refractivity contribution in [1.29, 1.82) is 0 Å². The lowest BCUT2D eigenvalue weighted by atomic mass is 10.2. The van der Waals surface area contributed by atoms with Crippen LogP contribution in [0, 0.1) is 0 Å². The van der Waals surface area contributed by atoms with Crippen LogP contribution in [0.1, 0.15) is 19.8 Å². The number of halogens is 1. The second-order valence-corrected chi connectivity index (χ2v) is 4.62. The molecule has 96 valence electrons. The third kappa shape index (κ3) is 2.74. The molecule has 3 nitrogen and oxygen atoms in total. The van der Waals surface area contributed by atoms with Gasteiger partial charge in [0.2, 0.25) is 0 Å². The number of hydrogen-bond donors (Lipinski definition) is 1. The fraction of sp³-hybridized carbons (Fsp3) is 0.357. The van der Waals surface area contributed by atoms with Gasteiger partial charge < -0.3 is 10.5 Å². The number of benzene rings is 1. The van der Waals surface area contributed by atoms with Crippen LogP contribution in [0.25, 0.3) is 10.9 Å². The van der Waals surface area contributed by atoms with Crippen molar-refractivity contribution in [3.63, 3.8) is 0 Å². The molecule has 0 radical (unpaired) electrons. The van der Waals surface area contributed by atoms with Gasteiger partial charge in [-0.15, -0.1) is 0 Å². The molecule has 0 amide bonds. The number of fused-ring (bicyclic) bond motifs is 1. The molecule has 1 aromatic heterocycles. The summed E-state index contributed by atoms with van der Waals surface area (Å²) in [6, 6.07) is 7.50. The molecule has 1 atom stereocenters. The number of hydrogen-bond acceptors (Lipinski definition) is 3. The van der Waals surface area contributed by atoms with E-state index < -0.39 is 0 Å². The van der Waals surface area contributed by atoms with Crippen LogP contribution in [-0.4, -0.2) is 17.6 Å². The van der Waals surface area contributed by atoms with E-state index in [-0.39, 0.29) is 6.10 Å². The van der Waals surface area contributed by atoms with E-state index in [4.69, 9.17) is 22.1 Å². The van der Waals surface area contributed by atoms with Gasteiger partial charge in [-0.1, -0.05) is 24.9 Å². The number of aromatic nitrogens is 1. The molecule has 2 aromatic rings. The number of rotatable bonds is 5. The Morgan fingerprint density at radius 1 is 1.39 bits per heavy atom. The maximum atomic E-state index is 6.14. The van der Waals surface area contributed by atoms with Crippen LogP contribution in [0.4, 0.5) is 0 Å². The molecule has 2 N–H and O–H groups in total. The third-order valence-corrected chi connectivity index (χ3v) is 3.18. The monoisotopic (exact) mass is 264 g/mol. The van der Waals surface area contributed by atoms with Gasteiger partial charge in [-0.25, -0.2) is 0 Å². The van der Waals surface area contributed by atoms with Crippen molar-refractivity contribution in [2.45, 2.75) is 25.9 Å². The summed E-state index contributed by atoms with van der Waals surface area (Å²) in [4.78, 5) is 4.34. The molecule has 0 fully saturated rings. The molecule has 18 heavy (non-hydrogen) atoms. The smallest absolute Gasteiger partial charge is 0.146 e. The van der Waals surface area contributed by atoms with Gasteiger partial charge in [0.25, 0.3) is 0 Å². The average Bonchev–Trinajstić information content (AvgIpc) is 2.41. The first-order valence-corrected chi connectivity index (χ1v) is 6.54. The lowest BCUT2D eigenvalue weighted by Gasteiger charge is -2.17. The molecule has 0 saturated carbocycles. The minimum Gasteiger partial charge on any atom is -0.487 e. The normalized spacial score (nSPS) is 12.6. The molecule has 0 aliphatic carbocycles. The van der Waals surface area contributed by atoms with E-state index in [1.165, 1.54) is 0 Å². The van der Waals surface area contributed by atoms with Crippen LogP contribution >= 0.6 is 11.6 Å². The van der Waals surface area contributed by atoms with Gasteiger partial charge in [0, 0.05) is 18.1 Å². The molecule has 0 spiro atoms. The van der Waals surface area contributed by atoms with Crippen molar-refractivity contribution in [2.75, 3.05) is 6.54 Å². The minimum absolute atomic E-state index is 0.0291. The molecule has 1 heterocycles. The fourth-order valence-corrected chi connectivity index (χ4v) is 2.15. The quantitative estimate of drug-likeness (QED) is 0.900. The van der Waals surface area contributed by atoms with Gasteiger partial charge in [0.1, 0.15) is 17.4 Å². The molecule has 0 aliphatic rings. The predicted molar refractivity (Wildman–Crippen MR) is 75.1 cm³/mol. The first-order chi connectivity index (χ1) is 8.76. The zero-order valence-corrected chi connectivity index (χ0v) is 11.2. The second-order valence-electron chi connectivity index (χ2n) is 4.21. The van der Waals surface area contributed by atoms with Crippen molar-refractivity contribution >= 4 is 22.5 Å². The summed E-state index contributed by atoms with van der Waals surface area (Å²) in [5, 5.41) is 1.59. The van der Waals surface area contributed by atoms with Crippen molar-refractivity contribution in [1.82, 2.24) is 4.98 Å². The topological polar surface area (TPSA) is 48.1 Å². The zero-order chi connectivity index (χ0) is 13.0. The summed E-state index contributed by atoms with van der Waals surface area (Å²) >= 11 is 6.14. The van der Waals surface area contributed by atoms with E-state index in [1.54, 1.807) is 6.20 Å². The molecule has 0 saturated heterocycles. The fourth-order valence-electron chi connectivity index (χ4n) is 1.93. The summed E-state index contributed by atoms with van der Waals surface area (Å²) < 4.78 is 5.93. The van der Waals surface area contributed by atoms with Gasteiger partial charge in [-0.05, 0) is 30.7 Å². The lowest BCUT2D eigenvalue weighted by Crippen LogP contribution is -2.26. The van der Waals surface area contributed by atoms with Gasteiger partial charge in [-0.3, -0.25) is 4.98 Å². The SMILES string of the molecule is CCCC(CN)Oc1ccc(Cl)c2cccnc12. The van der Waals surface area contributed by atoms with E-state index in [2.05, 4.69) is 11.9 Å². The van der Waals surface area contributed by atoms with E-state index in [9.17, 15) is 0 Å². The maximum Gasteiger partial charge on any atom is 0.146 e. The van der Waals surface area contributed by atoms with Crippen LogP contribution in [0.5, 0.6) is 5.75 Å². The summed E-state index contributed by atoms with van der Waals surface area (Å²) in [6.07, 6.45) is 3.75. The molecule has 2 rings (SSSR count). The highest BCUT2D eigenvalue weighted by molar-refractivity contribution is 6.35. The predicted octanol–water partition coefficient (Wildman–Crippen LogP) is 3.39. The van der Waals surface area contributed by atoms with Gasteiger partial charge in [0.05, 0.1) is 5.02 Å². The summed E-state index contributed by atoms with van der Waals surface area (Å²) in [7, 11) is 0. The number of pyridine rings is 1. The summed E-state index contributed by atoms with van der Waals surface area (Å²) in [5.41, 5.74) is 6.50. The van der Waals surface area contributed by atoms with Gasteiger partial charge >= 0.3 is 0 Å². The highest BCUT2D eigenvalue weighted by Crippen LogP contribution is 2.30. The molecule has 4 heteroatoms. The van der Waals surface area contributed by atoms with E-state index in [0.29, 0.717) is 11.6 Å². The van der Waals surface area contributed by atoms with E-state index in [1.807, 2.05) is 24.3 Å². The number of ether oxygens (including phenoxy) is 1. The Labute approximate surface area is 112 Å². The molecule has 0 aliphatic heterocycles. The standard InChI is InChI=1S/C14H17ClN2O/c1-2-4-10(9-16)18-13-7-6-12(15)11-5-3-8-17-14(11)13/h3,5-8,10H,2,4,9,16H2,1H3.